The molecule has 0 aliphatic carbocycles. The lowest BCUT2D eigenvalue weighted by Gasteiger charge is -2.12. The third-order valence-corrected chi connectivity index (χ3v) is 5.15. The first kappa shape index (κ1) is 18.9. The Morgan fingerprint density at radius 3 is 2.78 bits per heavy atom. The standard InChI is InChI=1S/C19H21N3O4S/c1-4-8-26-15-7-6-12(9-16(15)25-3)17(23)21-22-11-20-18-14(19(22)24)10-13(5-2)27-18/h6-7,9-11H,4-5,8H2,1-3H3,(H,21,23). The van der Waals surface area contributed by atoms with Gasteiger partial charge in [-0.25, -0.2) is 9.66 Å². The summed E-state index contributed by atoms with van der Waals surface area (Å²) in [5, 5.41) is 0.501. The second kappa shape index (κ2) is 8.22. The number of nitrogens with one attached hydrogen (secondary N) is 1. The van der Waals surface area contributed by atoms with Crippen molar-refractivity contribution >= 4 is 27.5 Å². The Morgan fingerprint density at radius 2 is 2.07 bits per heavy atom. The van der Waals surface area contributed by atoms with Crippen molar-refractivity contribution in [3.8, 4) is 11.5 Å². The number of methoxy groups -OCH3 is 1. The monoisotopic (exact) mass is 387 g/mol. The molecule has 2 heterocycles. The molecule has 0 unspecified atom stereocenters. The number of aromatic nitrogens is 2. The van der Waals surface area contributed by atoms with Crippen LogP contribution in [0.3, 0.4) is 0 Å². The molecule has 1 N–H and O–H groups in total. The van der Waals surface area contributed by atoms with E-state index in [-0.39, 0.29) is 5.56 Å². The van der Waals surface area contributed by atoms with Crippen molar-refractivity contribution < 1.29 is 14.3 Å². The second-order valence-electron chi connectivity index (χ2n) is 5.86. The number of nitrogens with zero attached hydrogens (tertiary/aromatic N) is 2. The number of rotatable bonds is 7. The summed E-state index contributed by atoms with van der Waals surface area (Å²) in [7, 11) is 1.51. The first-order valence-corrected chi connectivity index (χ1v) is 9.51. The Kier molecular flexibility index (Phi) is 5.75. The molecule has 3 aromatic rings. The summed E-state index contributed by atoms with van der Waals surface area (Å²) < 4.78 is 12.0. The molecule has 3 rings (SSSR count). The predicted molar refractivity (Wildman–Crippen MR) is 106 cm³/mol. The van der Waals surface area contributed by atoms with Gasteiger partial charge in [-0.05, 0) is 37.1 Å². The maximum Gasteiger partial charge on any atom is 0.280 e. The number of aryl methyl sites for hydroxylation is 1. The van der Waals surface area contributed by atoms with Crippen LogP contribution < -0.4 is 20.5 Å². The van der Waals surface area contributed by atoms with Gasteiger partial charge in [-0.2, -0.15) is 0 Å². The second-order valence-corrected chi connectivity index (χ2v) is 6.98. The quantitative estimate of drug-likeness (QED) is 0.673. The average molecular weight is 387 g/mol. The van der Waals surface area contributed by atoms with Crippen molar-refractivity contribution in [1.82, 2.24) is 9.66 Å². The Hall–Kier alpha value is -2.87. The minimum absolute atomic E-state index is 0.306. The first-order valence-electron chi connectivity index (χ1n) is 8.69. The topological polar surface area (TPSA) is 82.5 Å². The van der Waals surface area contributed by atoms with E-state index in [2.05, 4.69) is 10.4 Å². The van der Waals surface area contributed by atoms with E-state index in [9.17, 15) is 9.59 Å². The smallest absolute Gasteiger partial charge is 0.280 e. The van der Waals surface area contributed by atoms with Gasteiger partial charge in [-0.15, -0.1) is 11.3 Å². The van der Waals surface area contributed by atoms with E-state index in [0.29, 0.717) is 33.9 Å². The number of ether oxygens (including phenoxy) is 2. The van der Waals surface area contributed by atoms with Crippen molar-refractivity contribution in [2.24, 2.45) is 0 Å². The summed E-state index contributed by atoms with van der Waals surface area (Å²) in [6.45, 7) is 4.59. The molecule has 0 aliphatic rings. The van der Waals surface area contributed by atoms with E-state index >= 15 is 0 Å². The molecule has 7 nitrogen and oxygen atoms in total. The van der Waals surface area contributed by atoms with Crippen LogP contribution in [0.15, 0.2) is 35.4 Å². The largest absolute Gasteiger partial charge is 0.493 e. The Morgan fingerprint density at radius 1 is 1.26 bits per heavy atom. The molecule has 8 heteroatoms. The first-order chi connectivity index (χ1) is 13.1. The third kappa shape index (κ3) is 3.95. The van der Waals surface area contributed by atoms with E-state index in [4.69, 9.17) is 9.47 Å². The van der Waals surface area contributed by atoms with Gasteiger partial charge < -0.3 is 9.47 Å². The molecule has 0 aliphatic heterocycles. The van der Waals surface area contributed by atoms with E-state index in [0.717, 1.165) is 22.4 Å². The lowest BCUT2D eigenvalue weighted by Crippen LogP contribution is -2.33. The normalized spacial score (nSPS) is 10.8. The SMILES string of the molecule is CCCOc1ccc(C(=O)Nn2cnc3sc(CC)cc3c2=O)cc1OC. The molecular formula is C19H21N3O4S. The van der Waals surface area contributed by atoms with Crippen LogP contribution >= 0.6 is 11.3 Å². The van der Waals surface area contributed by atoms with E-state index in [1.165, 1.54) is 24.8 Å². The van der Waals surface area contributed by atoms with E-state index < -0.39 is 5.91 Å². The number of amides is 1. The summed E-state index contributed by atoms with van der Waals surface area (Å²) in [4.78, 5) is 31.2. The van der Waals surface area contributed by atoms with Gasteiger partial charge in [-0.1, -0.05) is 13.8 Å². The summed E-state index contributed by atoms with van der Waals surface area (Å²) in [5.41, 5.74) is 2.61. The van der Waals surface area contributed by atoms with Gasteiger partial charge in [-0.3, -0.25) is 15.0 Å². The van der Waals surface area contributed by atoms with Crippen molar-refractivity contribution in [2.45, 2.75) is 26.7 Å². The molecule has 1 aromatic carbocycles. The molecule has 2 aromatic heterocycles. The van der Waals surface area contributed by atoms with Crippen LogP contribution in [0.4, 0.5) is 0 Å². The fourth-order valence-electron chi connectivity index (χ4n) is 2.54. The number of fused-ring (bicyclic) bond motifs is 1. The average Bonchev–Trinajstić information content (AvgIpc) is 3.12. The number of carbonyl (C=O) groups is 1. The summed E-state index contributed by atoms with van der Waals surface area (Å²) in [6.07, 6.45) is 3.03. The van der Waals surface area contributed by atoms with E-state index in [1.807, 2.05) is 19.9 Å². The van der Waals surface area contributed by atoms with Gasteiger partial charge in [0.1, 0.15) is 11.2 Å². The highest BCUT2D eigenvalue weighted by molar-refractivity contribution is 7.18. The number of carbonyl (C=O) groups excluding carboxylic acids is 1. The zero-order chi connectivity index (χ0) is 19.4. The van der Waals surface area contributed by atoms with Gasteiger partial charge >= 0.3 is 0 Å². The predicted octanol–water partition coefficient (Wildman–Crippen LogP) is 3.20. The van der Waals surface area contributed by atoms with Gasteiger partial charge in [0.25, 0.3) is 11.5 Å². The van der Waals surface area contributed by atoms with Gasteiger partial charge in [0.2, 0.25) is 0 Å². The molecule has 0 saturated carbocycles. The fraction of sp³-hybridized carbons (Fsp3) is 0.316. The Bertz CT molecular complexity index is 1030. The van der Waals surface area contributed by atoms with Gasteiger partial charge in [0.05, 0.1) is 19.1 Å². The minimum atomic E-state index is -0.440. The number of hydrogen-bond acceptors (Lipinski definition) is 6. The highest BCUT2D eigenvalue weighted by atomic mass is 32.1. The molecule has 27 heavy (non-hydrogen) atoms. The van der Waals surface area contributed by atoms with Crippen LogP contribution in [0, 0.1) is 0 Å². The van der Waals surface area contributed by atoms with Crippen LogP contribution in [-0.4, -0.2) is 29.3 Å². The van der Waals surface area contributed by atoms with Crippen LogP contribution in [0.25, 0.3) is 10.2 Å². The molecule has 0 radical (unpaired) electrons. The lowest BCUT2D eigenvalue weighted by molar-refractivity contribution is 0.101. The zero-order valence-electron chi connectivity index (χ0n) is 15.4. The molecule has 0 saturated heterocycles. The van der Waals surface area contributed by atoms with Crippen LogP contribution in [0.5, 0.6) is 11.5 Å². The molecule has 0 atom stereocenters. The molecular weight excluding hydrogens is 366 g/mol. The minimum Gasteiger partial charge on any atom is -0.493 e. The molecule has 0 spiro atoms. The van der Waals surface area contributed by atoms with Gasteiger partial charge in [0, 0.05) is 10.4 Å². The summed E-state index contributed by atoms with van der Waals surface area (Å²) in [5.74, 6) is 0.591. The van der Waals surface area contributed by atoms with Crippen LogP contribution in [-0.2, 0) is 6.42 Å². The zero-order valence-corrected chi connectivity index (χ0v) is 16.3. The maximum atomic E-state index is 12.6. The van der Waals surface area contributed by atoms with Crippen LogP contribution in [0.1, 0.15) is 35.5 Å². The highest BCUT2D eigenvalue weighted by Crippen LogP contribution is 2.28. The Labute approximate surface area is 160 Å². The molecule has 142 valence electrons. The number of benzene rings is 1. The van der Waals surface area contributed by atoms with Crippen molar-refractivity contribution in [3.63, 3.8) is 0 Å². The fourth-order valence-corrected chi connectivity index (χ4v) is 3.47. The summed E-state index contributed by atoms with van der Waals surface area (Å²) >= 11 is 1.48. The van der Waals surface area contributed by atoms with Crippen molar-refractivity contribution in [3.05, 3.63) is 51.4 Å². The van der Waals surface area contributed by atoms with Crippen molar-refractivity contribution in [2.75, 3.05) is 19.1 Å². The Balaban J connectivity index is 1.85. The molecule has 1 amide bonds. The summed E-state index contributed by atoms with van der Waals surface area (Å²) in [6, 6.07) is 6.71. The van der Waals surface area contributed by atoms with E-state index in [1.54, 1.807) is 18.2 Å². The van der Waals surface area contributed by atoms with Gasteiger partial charge in [0.15, 0.2) is 11.5 Å². The molecule has 0 fully saturated rings. The third-order valence-electron chi connectivity index (χ3n) is 3.96. The highest BCUT2D eigenvalue weighted by Gasteiger charge is 2.14. The number of thiophene rings is 1. The van der Waals surface area contributed by atoms with Crippen molar-refractivity contribution in [1.29, 1.82) is 0 Å². The van der Waals surface area contributed by atoms with Crippen LogP contribution in [0.2, 0.25) is 0 Å². The molecule has 0 bridgehead atoms. The number of hydrogen-bond donors (Lipinski definition) is 1. The lowest BCUT2D eigenvalue weighted by atomic mass is 10.2. The maximum absolute atomic E-state index is 12.6.